The molecule has 0 radical (unpaired) electrons. The zero-order chi connectivity index (χ0) is 22.4. The Morgan fingerprint density at radius 1 is 0.875 bits per heavy atom. The van der Waals surface area contributed by atoms with E-state index < -0.39 is 5.79 Å². The SMILES string of the molecule is C=CCOC1(O)C=Cc2c(ccc(O)c2N=Nc2ccc(N=Nc3ccccc3)cc2)C1. The number of azo groups is 2. The normalized spacial score (nSPS) is 17.7. The fourth-order valence-electron chi connectivity index (χ4n) is 3.24. The molecule has 3 aromatic carbocycles. The van der Waals surface area contributed by atoms with Crippen LogP contribution in [-0.4, -0.2) is 22.6 Å². The van der Waals surface area contributed by atoms with E-state index in [2.05, 4.69) is 27.0 Å². The highest BCUT2D eigenvalue weighted by atomic mass is 16.6. The number of aromatic hydroxyl groups is 1. The molecule has 0 aliphatic heterocycles. The van der Waals surface area contributed by atoms with E-state index in [-0.39, 0.29) is 18.8 Å². The lowest BCUT2D eigenvalue weighted by Crippen LogP contribution is -2.34. The Bertz CT molecular complexity index is 1190. The van der Waals surface area contributed by atoms with Gasteiger partial charge < -0.3 is 14.9 Å². The third kappa shape index (κ3) is 5.03. The minimum absolute atomic E-state index is 0.00267. The van der Waals surface area contributed by atoms with Gasteiger partial charge in [-0.05, 0) is 54.1 Å². The zero-order valence-corrected chi connectivity index (χ0v) is 17.3. The van der Waals surface area contributed by atoms with Crippen LogP contribution in [0.5, 0.6) is 5.75 Å². The molecule has 0 saturated carbocycles. The number of hydrogen-bond donors (Lipinski definition) is 2. The van der Waals surface area contributed by atoms with Gasteiger partial charge in [0, 0.05) is 12.0 Å². The van der Waals surface area contributed by atoms with Crippen molar-refractivity contribution in [2.24, 2.45) is 20.5 Å². The van der Waals surface area contributed by atoms with Crippen molar-refractivity contribution in [2.75, 3.05) is 6.61 Å². The van der Waals surface area contributed by atoms with Gasteiger partial charge in [0.2, 0.25) is 0 Å². The molecule has 1 aliphatic carbocycles. The molecular weight excluding hydrogens is 404 g/mol. The van der Waals surface area contributed by atoms with Crippen LogP contribution < -0.4 is 0 Å². The van der Waals surface area contributed by atoms with Crippen LogP contribution in [0.4, 0.5) is 22.7 Å². The molecular formula is C25H22N4O3. The van der Waals surface area contributed by atoms with Gasteiger partial charge >= 0.3 is 0 Å². The highest BCUT2D eigenvalue weighted by Gasteiger charge is 2.30. The number of rotatable bonds is 7. The summed E-state index contributed by atoms with van der Waals surface area (Å²) in [7, 11) is 0. The van der Waals surface area contributed by atoms with Gasteiger partial charge in [-0.1, -0.05) is 36.4 Å². The fourth-order valence-corrected chi connectivity index (χ4v) is 3.24. The first kappa shape index (κ1) is 21.3. The number of phenols is 1. The molecule has 4 rings (SSSR count). The largest absolute Gasteiger partial charge is 0.506 e. The van der Waals surface area contributed by atoms with Gasteiger partial charge in [0.1, 0.15) is 11.4 Å². The van der Waals surface area contributed by atoms with Crippen LogP contribution in [0.25, 0.3) is 6.08 Å². The van der Waals surface area contributed by atoms with Crippen molar-refractivity contribution in [3.63, 3.8) is 0 Å². The number of ether oxygens (including phenoxy) is 1. The van der Waals surface area contributed by atoms with E-state index in [1.54, 1.807) is 48.6 Å². The Balaban J connectivity index is 1.51. The summed E-state index contributed by atoms with van der Waals surface area (Å²) in [6, 6.07) is 19.9. The van der Waals surface area contributed by atoms with Gasteiger partial charge in [-0.2, -0.15) is 15.3 Å². The van der Waals surface area contributed by atoms with E-state index in [0.29, 0.717) is 22.6 Å². The topological polar surface area (TPSA) is 99.1 Å². The minimum Gasteiger partial charge on any atom is -0.506 e. The third-order valence-electron chi connectivity index (χ3n) is 4.84. The van der Waals surface area contributed by atoms with Crippen LogP contribution in [0.1, 0.15) is 11.1 Å². The minimum atomic E-state index is -1.42. The summed E-state index contributed by atoms with van der Waals surface area (Å²) in [6.07, 6.45) is 5.04. The summed E-state index contributed by atoms with van der Waals surface area (Å²) < 4.78 is 5.45. The Kier molecular flexibility index (Phi) is 6.30. The number of fused-ring (bicyclic) bond motifs is 1. The van der Waals surface area contributed by atoms with E-state index in [1.807, 2.05) is 30.3 Å². The molecule has 7 heteroatoms. The number of benzene rings is 3. The zero-order valence-electron chi connectivity index (χ0n) is 17.3. The van der Waals surface area contributed by atoms with E-state index >= 15 is 0 Å². The molecule has 160 valence electrons. The van der Waals surface area contributed by atoms with Gasteiger partial charge in [-0.15, -0.1) is 11.7 Å². The van der Waals surface area contributed by atoms with Crippen molar-refractivity contribution in [3.8, 4) is 5.75 Å². The maximum Gasteiger partial charge on any atom is 0.190 e. The van der Waals surface area contributed by atoms with E-state index in [4.69, 9.17) is 4.74 Å². The highest BCUT2D eigenvalue weighted by Crippen LogP contribution is 2.39. The van der Waals surface area contributed by atoms with Crippen LogP contribution in [-0.2, 0) is 11.2 Å². The second kappa shape index (κ2) is 9.47. The van der Waals surface area contributed by atoms with Crippen LogP contribution in [0.2, 0.25) is 0 Å². The molecule has 0 aromatic heterocycles. The van der Waals surface area contributed by atoms with E-state index in [0.717, 1.165) is 11.3 Å². The lowest BCUT2D eigenvalue weighted by molar-refractivity contribution is -0.157. The maximum absolute atomic E-state index is 10.6. The molecule has 1 aliphatic rings. The van der Waals surface area contributed by atoms with Crippen molar-refractivity contribution in [3.05, 3.63) is 96.6 Å². The van der Waals surface area contributed by atoms with Crippen molar-refractivity contribution in [2.45, 2.75) is 12.2 Å². The molecule has 0 bridgehead atoms. The predicted octanol–water partition coefficient (Wildman–Crippen LogP) is 6.68. The summed E-state index contributed by atoms with van der Waals surface area (Å²) >= 11 is 0. The average Bonchev–Trinajstić information content (AvgIpc) is 2.82. The monoisotopic (exact) mass is 426 g/mol. The molecule has 3 aromatic rings. The second-order valence-corrected chi connectivity index (χ2v) is 7.21. The van der Waals surface area contributed by atoms with Crippen LogP contribution in [0.15, 0.2) is 106 Å². The van der Waals surface area contributed by atoms with E-state index in [9.17, 15) is 10.2 Å². The van der Waals surface area contributed by atoms with Crippen molar-refractivity contribution in [1.29, 1.82) is 0 Å². The smallest absolute Gasteiger partial charge is 0.190 e. The standard InChI is InChI=1S/C25H22N4O3/c1-2-16-32-25(31)15-14-22-18(17-25)8-13-23(30)24(22)29-28-21-11-9-20(10-12-21)27-26-19-6-4-3-5-7-19/h2-15,30-31H,1,16-17H2. The fraction of sp³-hybridized carbons (Fsp3) is 0.120. The lowest BCUT2D eigenvalue weighted by Gasteiger charge is -2.29. The second-order valence-electron chi connectivity index (χ2n) is 7.21. The van der Waals surface area contributed by atoms with Crippen molar-refractivity contribution >= 4 is 28.8 Å². The van der Waals surface area contributed by atoms with Crippen LogP contribution in [0, 0.1) is 0 Å². The molecule has 32 heavy (non-hydrogen) atoms. The first-order chi connectivity index (χ1) is 15.6. The Morgan fingerprint density at radius 2 is 1.50 bits per heavy atom. The van der Waals surface area contributed by atoms with Gasteiger partial charge in [-0.3, -0.25) is 0 Å². The first-order valence-corrected chi connectivity index (χ1v) is 10.1. The van der Waals surface area contributed by atoms with Gasteiger partial charge in [0.05, 0.1) is 23.7 Å². The van der Waals surface area contributed by atoms with Crippen LogP contribution in [0.3, 0.4) is 0 Å². The molecule has 1 atom stereocenters. The van der Waals surface area contributed by atoms with Crippen molar-refractivity contribution < 1.29 is 14.9 Å². The molecule has 0 spiro atoms. The molecule has 0 saturated heterocycles. The third-order valence-corrected chi connectivity index (χ3v) is 4.84. The highest BCUT2D eigenvalue weighted by molar-refractivity contribution is 5.74. The summed E-state index contributed by atoms with van der Waals surface area (Å²) in [4.78, 5) is 0. The van der Waals surface area contributed by atoms with Gasteiger partial charge in [-0.25, -0.2) is 0 Å². The van der Waals surface area contributed by atoms with Crippen molar-refractivity contribution in [1.82, 2.24) is 0 Å². The molecule has 2 N–H and O–H groups in total. The molecule has 7 nitrogen and oxygen atoms in total. The molecule has 0 fully saturated rings. The summed E-state index contributed by atoms with van der Waals surface area (Å²) in [6.45, 7) is 3.82. The Hall–Kier alpha value is -3.94. The lowest BCUT2D eigenvalue weighted by atomic mass is 9.92. The first-order valence-electron chi connectivity index (χ1n) is 10.1. The number of aliphatic hydroxyl groups is 1. The Labute approximate surface area is 185 Å². The number of hydrogen-bond acceptors (Lipinski definition) is 7. The maximum atomic E-state index is 10.6. The molecule has 1 unspecified atom stereocenters. The number of phenolic OH excluding ortho intramolecular Hbond substituents is 1. The summed E-state index contributed by atoms with van der Waals surface area (Å²) in [5, 5.41) is 37.8. The van der Waals surface area contributed by atoms with Gasteiger partial charge in [0.25, 0.3) is 0 Å². The summed E-state index contributed by atoms with van der Waals surface area (Å²) in [5.74, 6) is -1.42. The predicted molar refractivity (Wildman–Crippen MR) is 123 cm³/mol. The van der Waals surface area contributed by atoms with Crippen LogP contribution >= 0.6 is 0 Å². The Morgan fingerprint density at radius 3 is 2.16 bits per heavy atom. The quantitative estimate of drug-likeness (QED) is 0.250. The summed E-state index contributed by atoms with van der Waals surface area (Å²) in [5.41, 5.74) is 3.88. The van der Waals surface area contributed by atoms with Gasteiger partial charge in [0.15, 0.2) is 5.79 Å². The molecule has 0 amide bonds. The molecule has 0 heterocycles. The van der Waals surface area contributed by atoms with E-state index in [1.165, 1.54) is 6.07 Å². The average molecular weight is 426 g/mol. The number of nitrogens with zero attached hydrogens (tertiary/aromatic N) is 4.